The third kappa shape index (κ3) is 3.77. The zero-order valence-corrected chi connectivity index (χ0v) is 14.9. The lowest BCUT2D eigenvalue weighted by molar-refractivity contribution is 0.0310. The fraction of sp³-hybridized carbons (Fsp3) is 0.421. The van der Waals surface area contributed by atoms with Crippen LogP contribution in [0, 0.1) is 6.92 Å². The van der Waals surface area contributed by atoms with Crippen molar-refractivity contribution in [3.63, 3.8) is 0 Å². The Kier molecular flexibility index (Phi) is 5.37. The van der Waals surface area contributed by atoms with Crippen molar-refractivity contribution < 1.29 is 19.1 Å². The molecule has 0 unspecified atom stereocenters. The second-order valence-corrected chi connectivity index (χ2v) is 6.43. The number of hydrogen-bond donors (Lipinski definition) is 2. The number of piperidine rings is 1. The summed E-state index contributed by atoms with van der Waals surface area (Å²) in [6, 6.07) is 8.53. The Morgan fingerprint density at radius 3 is 2.69 bits per heavy atom. The van der Waals surface area contributed by atoms with Crippen LogP contribution in [-0.2, 0) is 6.42 Å². The first-order valence-electron chi connectivity index (χ1n) is 8.79. The lowest BCUT2D eigenvalue weighted by Gasteiger charge is -2.36. The monoisotopic (exact) mass is 357 g/mol. The summed E-state index contributed by atoms with van der Waals surface area (Å²) in [6.45, 7) is 4.25. The van der Waals surface area contributed by atoms with Crippen molar-refractivity contribution in [3.8, 4) is 0 Å². The van der Waals surface area contributed by atoms with Crippen LogP contribution >= 0.6 is 0 Å². The molecule has 2 N–H and O–H groups in total. The molecular weight excluding hydrogens is 334 g/mol. The van der Waals surface area contributed by atoms with Gasteiger partial charge >= 0.3 is 0 Å². The van der Waals surface area contributed by atoms with Crippen LogP contribution in [0.25, 0.3) is 0 Å². The van der Waals surface area contributed by atoms with Gasteiger partial charge in [0.25, 0.3) is 11.8 Å². The van der Waals surface area contributed by atoms with E-state index in [1.165, 1.54) is 0 Å². The molecule has 1 fully saturated rings. The summed E-state index contributed by atoms with van der Waals surface area (Å²) in [5, 5.41) is 13.2. The average molecular weight is 357 g/mol. The second kappa shape index (κ2) is 7.70. The molecule has 2 amide bonds. The summed E-state index contributed by atoms with van der Waals surface area (Å²) < 4.78 is 5.45. The maximum absolute atomic E-state index is 12.5. The molecule has 0 radical (unpaired) electrons. The summed E-state index contributed by atoms with van der Waals surface area (Å²) in [5.41, 5.74) is 1.12. The Bertz CT molecular complexity index is 787. The van der Waals surface area contributed by atoms with E-state index in [1.54, 1.807) is 36.1 Å². The van der Waals surface area contributed by atoms with E-state index in [-0.39, 0.29) is 24.1 Å². The SMILES string of the molecule is CCc1nc(C)c(C(=O)N[C@@H]2CCN(C(=O)c3ccccc3)C[C@H]2O)o1. The molecule has 0 bridgehead atoms. The highest BCUT2D eigenvalue weighted by Gasteiger charge is 2.32. The number of oxazole rings is 1. The van der Waals surface area contributed by atoms with Crippen molar-refractivity contribution >= 4 is 11.8 Å². The highest BCUT2D eigenvalue weighted by Crippen LogP contribution is 2.17. The Balaban J connectivity index is 1.61. The zero-order chi connectivity index (χ0) is 18.7. The van der Waals surface area contributed by atoms with E-state index in [4.69, 9.17) is 4.42 Å². The number of nitrogens with one attached hydrogen (secondary N) is 1. The van der Waals surface area contributed by atoms with Crippen LogP contribution in [0.2, 0.25) is 0 Å². The van der Waals surface area contributed by atoms with Crippen molar-refractivity contribution in [2.45, 2.75) is 38.8 Å². The Labute approximate surface area is 152 Å². The Morgan fingerprint density at radius 1 is 1.35 bits per heavy atom. The van der Waals surface area contributed by atoms with E-state index in [0.29, 0.717) is 36.5 Å². The largest absolute Gasteiger partial charge is 0.435 e. The number of rotatable bonds is 4. The number of carbonyl (C=O) groups is 2. The number of nitrogens with zero attached hydrogens (tertiary/aromatic N) is 2. The molecular formula is C19H23N3O4. The van der Waals surface area contributed by atoms with E-state index >= 15 is 0 Å². The quantitative estimate of drug-likeness (QED) is 0.866. The lowest BCUT2D eigenvalue weighted by Crippen LogP contribution is -2.55. The number of aromatic nitrogens is 1. The van der Waals surface area contributed by atoms with Crippen LogP contribution in [0.3, 0.4) is 0 Å². The van der Waals surface area contributed by atoms with Crippen molar-refractivity contribution in [1.29, 1.82) is 0 Å². The van der Waals surface area contributed by atoms with Gasteiger partial charge in [0.1, 0.15) is 0 Å². The third-order valence-electron chi connectivity index (χ3n) is 4.56. The molecule has 7 heteroatoms. The molecule has 0 aliphatic carbocycles. The van der Waals surface area contributed by atoms with E-state index in [9.17, 15) is 14.7 Å². The normalized spacial score (nSPS) is 20.0. The van der Waals surface area contributed by atoms with Gasteiger partial charge in [0.15, 0.2) is 5.89 Å². The molecule has 2 heterocycles. The van der Waals surface area contributed by atoms with Gasteiger partial charge < -0.3 is 19.7 Å². The van der Waals surface area contributed by atoms with Gasteiger partial charge in [-0.1, -0.05) is 25.1 Å². The number of hydrogen-bond acceptors (Lipinski definition) is 5. The van der Waals surface area contributed by atoms with Gasteiger partial charge in [0.05, 0.1) is 17.8 Å². The number of β-amino-alcohol motifs (C(OH)–C–C–N with tert-alkyl or cyclic N) is 1. The summed E-state index contributed by atoms with van der Waals surface area (Å²) >= 11 is 0. The molecule has 7 nitrogen and oxygen atoms in total. The first-order valence-corrected chi connectivity index (χ1v) is 8.79. The molecule has 1 aromatic heterocycles. The van der Waals surface area contributed by atoms with Gasteiger partial charge in [-0.25, -0.2) is 4.98 Å². The molecule has 1 aromatic carbocycles. The predicted octanol–water partition coefficient (Wildman–Crippen LogP) is 1.55. The van der Waals surface area contributed by atoms with Crippen LogP contribution in [0.4, 0.5) is 0 Å². The average Bonchev–Trinajstić information content (AvgIpc) is 3.04. The Morgan fingerprint density at radius 2 is 2.08 bits per heavy atom. The van der Waals surface area contributed by atoms with Crippen LogP contribution in [-0.4, -0.2) is 52.0 Å². The van der Waals surface area contributed by atoms with Crippen molar-refractivity contribution in [2.24, 2.45) is 0 Å². The van der Waals surface area contributed by atoms with Crippen molar-refractivity contribution in [1.82, 2.24) is 15.2 Å². The molecule has 0 spiro atoms. The standard InChI is InChI=1S/C19H23N3O4/c1-3-16-20-12(2)17(26-16)18(24)21-14-9-10-22(11-15(14)23)19(25)13-7-5-4-6-8-13/h4-8,14-15,23H,3,9-11H2,1-2H3,(H,21,24)/t14-,15-/m1/s1. The highest BCUT2D eigenvalue weighted by atomic mass is 16.4. The molecule has 138 valence electrons. The maximum Gasteiger partial charge on any atom is 0.289 e. The van der Waals surface area contributed by atoms with Crippen molar-refractivity contribution in [2.75, 3.05) is 13.1 Å². The van der Waals surface area contributed by atoms with Crippen LogP contribution in [0.5, 0.6) is 0 Å². The number of amides is 2. The lowest BCUT2D eigenvalue weighted by atomic mass is 10.0. The first-order chi connectivity index (χ1) is 12.5. The van der Waals surface area contributed by atoms with Gasteiger partial charge in [-0.05, 0) is 25.5 Å². The second-order valence-electron chi connectivity index (χ2n) is 6.43. The van der Waals surface area contributed by atoms with Crippen LogP contribution in [0.15, 0.2) is 34.7 Å². The highest BCUT2D eigenvalue weighted by molar-refractivity contribution is 5.94. The minimum atomic E-state index is -0.839. The van der Waals surface area contributed by atoms with Crippen LogP contribution in [0.1, 0.15) is 45.8 Å². The van der Waals surface area contributed by atoms with Crippen molar-refractivity contribution in [3.05, 3.63) is 53.2 Å². The first kappa shape index (κ1) is 18.1. The molecule has 1 saturated heterocycles. The molecule has 1 aliphatic rings. The number of aryl methyl sites for hydroxylation is 2. The smallest absolute Gasteiger partial charge is 0.289 e. The van der Waals surface area contributed by atoms with Gasteiger partial charge in [-0.15, -0.1) is 0 Å². The van der Waals surface area contributed by atoms with Gasteiger partial charge in [0, 0.05) is 25.1 Å². The van der Waals surface area contributed by atoms with E-state index < -0.39 is 12.1 Å². The Hall–Kier alpha value is -2.67. The van der Waals surface area contributed by atoms with Gasteiger partial charge in [-0.2, -0.15) is 0 Å². The van der Waals surface area contributed by atoms with Gasteiger partial charge in [0.2, 0.25) is 5.76 Å². The molecule has 0 saturated carbocycles. The van der Waals surface area contributed by atoms with Gasteiger partial charge in [-0.3, -0.25) is 9.59 Å². The fourth-order valence-electron chi connectivity index (χ4n) is 3.10. The minimum Gasteiger partial charge on any atom is -0.435 e. The summed E-state index contributed by atoms with van der Waals surface area (Å²) in [5.74, 6) is 0.183. The molecule has 3 rings (SSSR count). The number of likely N-dealkylation sites (tertiary alicyclic amines) is 1. The molecule has 26 heavy (non-hydrogen) atoms. The van der Waals surface area contributed by atoms with E-state index in [0.717, 1.165) is 0 Å². The van der Waals surface area contributed by atoms with E-state index in [1.807, 2.05) is 13.0 Å². The predicted molar refractivity (Wildman–Crippen MR) is 94.8 cm³/mol. The minimum absolute atomic E-state index is 0.118. The van der Waals surface area contributed by atoms with Crippen LogP contribution < -0.4 is 5.32 Å². The fourth-order valence-corrected chi connectivity index (χ4v) is 3.10. The topological polar surface area (TPSA) is 95.7 Å². The maximum atomic E-state index is 12.5. The zero-order valence-electron chi connectivity index (χ0n) is 14.9. The summed E-state index contributed by atoms with van der Waals surface area (Å²) in [4.78, 5) is 30.7. The number of carbonyl (C=O) groups excluding carboxylic acids is 2. The third-order valence-corrected chi connectivity index (χ3v) is 4.56. The van der Waals surface area contributed by atoms with E-state index in [2.05, 4.69) is 10.3 Å². The molecule has 1 aliphatic heterocycles. The molecule has 2 atom stereocenters. The number of benzene rings is 1. The summed E-state index contributed by atoms with van der Waals surface area (Å²) in [6.07, 6.45) is 0.241. The number of aliphatic hydroxyl groups excluding tert-OH is 1. The number of aliphatic hydroxyl groups is 1. The molecule has 2 aromatic rings. The summed E-state index contributed by atoms with van der Waals surface area (Å²) in [7, 11) is 0.